The third-order valence-corrected chi connectivity index (χ3v) is 3.74. The zero-order valence-corrected chi connectivity index (χ0v) is 12.7. The molecule has 21 heavy (non-hydrogen) atoms. The topological polar surface area (TPSA) is 69.6 Å². The van der Waals surface area contributed by atoms with E-state index >= 15 is 0 Å². The van der Waals surface area contributed by atoms with Gasteiger partial charge in [-0.05, 0) is 63.3 Å². The maximum atomic E-state index is 12.3. The number of carbonyl (C=O) groups is 2. The molecule has 5 nitrogen and oxygen atoms in total. The van der Waals surface area contributed by atoms with E-state index < -0.39 is 5.97 Å². The minimum Gasteiger partial charge on any atom is -0.478 e. The van der Waals surface area contributed by atoms with E-state index in [1.165, 1.54) is 18.9 Å². The van der Waals surface area contributed by atoms with Crippen LogP contribution in [0.1, 0.15) is 42.6 Å². The largest absolute Gasteiger partial charge is 0.478 e. The third-order valence-electron chi connectivity index (χ3n) is 3.74. The van der Waals surface area contributed by atoms with Crippen molar-refractivity contribution in [2.45, 2.75) is 39.7 Å². The van der Waals surface area contributed by atoms with Gasteiger partial charge in [-0.25, -0.2) is 9.59 Å². The molecule has 2 rings (SSSR count). The Balaban J connectivity index is 2.06. The van der Waals surface area contributed by atoms with E-state index in [9.17, 15) is 9.59 Å². The Morgan fingerprint density at radius 2 is 2.05 bits per heavy atom. The fraction of sp³-hybridized carbons (Fsp3) is 0.500. The van der Waals surface area contributed by atoms with Gasteiger partial charge in [0.05, 0.1) is 5.56 Å². The first-order chi connectivity index (χ1) is 9.88. The number of carbonyl (C=O) groups excluding carboxylic acids is 1. The summed E-state index contributed by atoms with van der Waals surface area (Å²) < 4.78 is 0. The lowest BCUT2D eigenvalue weighted by Crippen LogP contribution is -2.41. The number of anilines is 1. The van der Waals surface area contributed by atoms with Crippen LogP contribution in [0.4, 0.5) is 10.5 Å². The number of rotatable bonds is 5. The summed E-state index contributed by atoms with van der Waals surface area (Å²) in [6.45, 7) is 6.51. The normalized spacial score (nSPS) is 14.1. The number of urea groups is 1. The number of carboxylic acid groups (broad SMARTS) is 1. The fourth-order valence-corrected chi connectivity index (χ4v) is 2.28. The van der Waals surface area contributed by atoms with Gasteiger partial charge < -0.3 is 15.3 Å². The molecule has 0 aliphatic heterocycles. The van der Waals surface area contributed by atoms with E-state index in [1.807, 2.05) is 18.7 Å². The number of nitrogens with zero attached hydrogens (tertiary/aromatic N) is 1. The van der Waals surface area contributed by atoms with Crippen LogP contribution in [-0.4, -0.2) is 34.6 Å². The number of hydrogen-bond acceptors (Lipinski definition) is 2. The summed E-state index contributed by atoms with van der Waals surface area (Å²) in [7, 11) is 0. The summed E-state index contributed by atoms with van der Waals surface area (Å²) in [6, 6.07) is 4.86. The van der Waals surface area contributed by atoms with Crippen molar-refractivity contribution in [2.75, 3.05) is 11.9 Å². The van der Waals surface area contributed by atoms with Crippen LogP contribution in [0.25, 0.3) is 0 Å². The average molecular weight is 290 g/mol. The number of hydrogen-bond donors (Lipinski definition) is 2. The molecule has 0 unspecified atom stereocenters. The number of aryl methyl sites for hydroxylation is 1. The predicted molar refractivity (Wildman–Crippen MR) is 81.7 cm³/mol. The second-order valence-corrected chi connectivity index (χ2v) is 5.95. The van der Waals surface area contributed by atoms with Gasteiger partial charge in [-0.2, -0.15) is 0 Å². The van der Waals surface area contributed by atoms with Crippen molar-refractivity contribution in [1.82, 2.24) is 4.90 Å². The molecule has 0 heterocycles. The summed E-state index contributed by atoms with van der Waals surface area (Å²) in [4.78, 5) is 25.2. The molecule has 0 spiro atoms. The van der Waals surface area contributed by atoms with Gasteiger partial charge in [-0.1, -0.05) is 0 Å². The molecule has 1 aliphatic rings. The fourth-order valence-electron chi connectivity index (χ4n) is 2.28. The lowest BCUT2D eigenvalue weighted by Gasteiger charge is -2.27. The highest BCUT2D eigenvalue weighted by Crippen LogP contribution is 2.30. The van der Waals surface area contributed by atoms with Crippen molar-refractivity contribution in [1.29, 1.82) is 0 Å². The van der Waals surface area contributed by atoms with Gasteiger partial charge in [0.2, 0.25) is 0 Å². The number of nitrogens with one attached hydrogen (secondary N) is 1. The highest BCUT2D eigenvalue weighted by Gasteiger charge is 2.28. The number of carboxylic acids is 1. The Labute approximate surface area is 125 Å². The number of benzene rings is 1. The molecular weight excluding hydrogens is 268 g/mol. The second-order valence-electron chi connectivity index (χ2n) is 5.95. The molecule has 1 fully saturated rings. The highest BCUT2D eigenvalue weighted by atomic mass is 16.4. The molecular formula is C16H22N2O3. The van der Waals surface area contributed by atoms with Gasteiger partial charge in [0, 0.05) is 18.3 Å². The summed E-state index contributed by atoms with van der Waals surface area (Å²) in [5.41, 5.74) is 1.52. The van der Waals surface area contributed by atoms with Crippen molar-refractivity contribution in [2.24, 2.45) is 5.92 Å². The minimum atomic E-state index is -0.956. The van der Waals surface area contributed by atoms with Crippen LogP contribution >= 0.6 is 0 Å². The number of aromatic carboxylic acids is 1. The monoisotopic (exact) mass is 290 g/mol. The first kappa shape index (κ1) is 15.4. The zero-order valence-electron chi connectivity index (χ0n) is 12.7. The lowest BCUT2D eigenvalue weighted by molar-refractivity contribution is 0.0696. The standard InChI is InChI=1S/C16H22N2O3/c1-10(2)18(9-12-4-5-12)16(21)17-13-6-7-14(15(19)20)11(3)8-13/h6-8,10,12H,4-5,9H2,1-3H3,(H,17,21)(H,19,20). The van der Waals surface area contributed by atoms with Gasteiger partial charge in [-0.15, -0.1) is 0 Å². The third kappa shape index (κ3) is 3.97. The zero-order chi connectivity index (χ0) is 15.6. The molecule has 114 valence electrons. The van der Waals surface area contributed by atoms with Crippen molar-refractivity contribution in [3.63, 3.8) is 0 Å². The van der Waals surface area contributed by atoms with Crippen LogP contribution in [-0.2, 0) is 0 Å². The van der Waals surface area contributed by atoms with E-state index in [2.05, 4.69) is 5.32 Å². The van der Waals surface area contributed by atoms with Crippen LogP contribution in [0.5, 0.6) is 0 Å². The average Bonchev–Trinajstić information content (AvgIpc) is 3.18. The molecule has 1 aromatic rings. The Bertz CT molecular complexity index is 550. The summed E-state index contributed by atoms with van der Waals surface area (Å²) >= 11 is 0. The summed E-state index contributed by atoms with van der Waals surface area (Å²) in [5.74, 6) is -0.322. The number of amides is 2. The van der Waals surface area contributed by atoms with Crippen molar-refractivity contribution in [3.8, 4) is 0 Å². The van der Waals surface area contributed by atoms with E-state index in [0.717, 1.165) is 6.54 Å². The summed E-state index contributed by atoms with van der Waals surface area (Å²) in [6.07, 6.45) is 2.39. The molecule has 0 radical (unpaired) electrons. The van der Waals surface area contributed by atoms with Crippen LogP contribution in [0.15, 0.2) is 18.2 Å². The van der Waals surface area contributed by atoms with Crippen molar-refractivity contribution < 1.29 is 14.7 Å². The summed E-state index contributed by atoms with van der Waals surface area (Å²) in [5, 5.41) is 11.9. The molecule has 1 aromatic carbocycles. The Morgan fingerprint density at radius 3 is 2.52 bits per heavy atom. The predicted octanol–water partition coefficient (Wildman–Crippen LogP) is 3.35. The van der Waals surface area contributed by atoms with E-state index in [-0.39, 0.29) is 17.6 Å². The molecule has 2 amide bonds. The molecule has 0 aromatic heterocycles. The molecule has 0 bridgehead atoms. The van der Waals surface area contributed by atoms with Crippen molar-refractivity contribution >= 4 is 17.7 Å². The molecule has 1 aliphatic carbocycles. The highest BCUT2D eigenvalue weighted by molar-refractivity contribution is 5.92. The molecule has 0 atom stereocenters. The first-order valence-electron chi connectivity index (χ1n) is 7.30. The molecule has 2 N–H and O–H groups in total. The quantitative estimate of drug-likeness (QED) is 0.873. The van der Waals surface area contributed by atoms with E-state index in [0.29, 0.717) is 17.2 Å². The van der Waals surface area contributed by atoms with Crippen molar-refractivity contribution in [3.05, 3.63) is 29.3 Å². The van der Waals surface area contributed by atoms with E-state index in [4.69, 9.17) is 5.11 Å². The Morgan fingerprint density at radius 1 is 1.38 bits per heavy atom. The Hall–Kier alpha value is -2.04. The van der Waals surface area contributed by atoms with E-state index in [1.54, 1.807) is 19.1 Å². The maximum Gasteiger partial charge on any atom is 0.335 e. The van der Waals surface area contributed by atoms with Gasteiger partial charge in [0.1, 0.15) is 0 Å². The van der Waals surface area contributed by atoms with Crippen LogP contribution in [0.2, 0.25) is 0 Å². The van der Waals surface area contributed by atoms with Crippen LogP contribution < -0.4 is 5.32 Å². The van der Waals surface area contributed by atoms with Crippen LogP contribution in [0.3, 0.4) is 0 Å². The first-order valence-corrected chi connectivity index (χ1v) is 7.30. The molecule has 1 saturated carbocycles. The Kier molecular flexibility index (Phi) is 4.50. The SMILES string of the molecule is Cc1cc(NC(=O)N(CC2CC2)C(C)C)ccc1C(=O)O. The van der Waals surface area contributed by atoms with Gasteiger partial charge in [0.25, 0.3) is 0 Å². The van der Waals surface area contributed by atoms with Crippen LogP contribution in [0, 0.1) is 12.8 Å². The lowest BCUT2D eigenvalue weighted by atomic mass is 10.1. The van der Waals surface area contributed by atoms with Gasteiger partial charge in [-0.3, -0.25) is 0 Å². The maximum absolute atomic E-state index is 12.3. The molecule has 0 saturated heterocycles. The molecule has 5 heteroatoms. The smallest absolute Gasteiger partial charge is 0.335 e. The minimum absolute atomic E-state index is 0.126. The van der Waals surface area contributed by atoms with Gasteiger partial charge >= 0.3 is 12.0 Å². The second kappa shape index (κ2) is 6.16. The van der Waals surface area contributed by atoms with Gasteiger partial charge in [0.15, 0.2) is 0 Å².